The summed E-state index contributed by atoms with van der Waals surface area (Å²) in [4.78, 5) is 21.2. The number of aromatic nitrogens is 3. The fourth-order valence-corrected chi connectivity index (χ4v) is 4.21. The number of piperazine rings is 1. The molecular formula is C28H26FN5O. The van der Waals surface area contributed by atoms with Gasteiger partial charge in [-0.15, -0.1) is 0 Å². The van der Waals surface area contributed by atoms with Gasteiger partial charge in [0.2, 0.25) is 5.91 Å². The number of rotatable bonds is 6. The van der Waals surface area contributed by atoms with Crippen molar-refractivity contribution >= 4 is 12.0 Å². The average Bonchev–Trinajstić information content (AvgIpc) is 3.34. The molecule has 35 heavy (non-hydrogen) atoms. The fourth-order valence-electron chi connectivity index (χ4n) is 4.21. The van der Waals surface area contributed by atoms with E-state index in [0.717, 1.165) is 22.5 Å². The molecule has 1 fully saturated rings. The van der Waals surface area contributed by atoms with Crippen LogP contribution in [0.4, 0.5) is 4.39 Å². The van der Waals surface area contributed by atoms with Gasteiger partial charge in [-0.05, 0) is 36.4 Å². The third-order valence-electron chi connectivity index (χ3n) is 6.14. The first-order valence-corrected chi connectivity index (χ1v) is 11.7. The van der Waals surface area contributed by atoms with Gasteiger partial charge >= 0.3 is 0 Å². The van der Waals surface area contributed by atoms with Crippen molar-refractivity contribution in [1.29, 1.82) is 0 Å². The van der Waals surface area contributed by atoms with E-state index >= 15 is 0 Å². The lowest BCUT2D eigenvalue weighted by Gasteiger charge is -2.34. The van der Waals surface area contributed by atoms with Crippen LogP contribution < -0.4 is 0 Å². The van der Waals surface area contributed by atoms with Crippen LogP contribution in [0.5, 0.6) is 0 Å². The second-order valence-corrected chi connectivity index (χ2v) is 8.48. The minimum Gasteiger partial charge on any atom is -0.337 e. The first-order valence-electron chi connectivity index (χ1n) is 11.7. The Morgan fingerprint density at radius 3 is 2.46 bits per heavy atom. The van der Waals surface area contributed by atoms with Gasteiger partial charge in [-0.3, -0.25) is 14.7 Å². The van der Waals surface area contributed by atoms with Crippen LogP contribution in [0.3, 0.4) is 0 Å². The molecule has 2 aromatic carbocycles. The average molecular weight is 468 g/mol. The lowest BCUT2D eigenvalue weighted by Crippen LogP contribution is -2.47. The minimum atomic E-state index is -0.186. The van der Waals surface area contributed by atoms with Crippen LogP contribution in [-0.2, 0) is 11.3 Å². The van der Waals surface area contributed by atoms with Crippen molar-refractivity contribution in [2.45, 2.75) is 6.54 Å². The molecule has 7 heteroatoms. The molecule has 0 unspecified atom stereocenters. The minimum absolute atomic E-state index is 0.0415. The van der Waals surface area contributed by atoms with E-state index in [-0.39, 0.29) is 11.7 Å². The van der Waals surface area contributed by atoms with Crippen molar-refractivity contribution in [3.05, 3.63) is 108 Å². The zero-order chi connectivity index (χ0) is 24.0. The number of halogens is 1. The Kier molecular flexibility index (Phi) is 6.77. The number of para-hydroxylation sites is 1. The molecule has 1 saturated heterocycles. The fraction of sp³-hybridized carbons (Fsp3) is 0.179. The van der Waals surface area contributed by atoms with Gasteiger partial charge in [0.05, 0.1) is 5.69 Å². The van der Waals surface area contributed by atoms with Crippen LogP contribution in [0.2, 0.25) is 0 Å². The highest BCUT2D eigenvalue weighted by molar-refractivity contribution is 5.93. The van der Waals surface area contributed by atoms with Crippen molar-refractivity contribution in [3.63, 3.8) is 0 Å². The summed E-state index contributed by atoms with van der Waals surface area (Å²) >= 11 is 0. The van der Waals surface area contributed by atoms with Gasteiger partial charge in [-0.25, -0.2) is 9.07 Å². The van der Waals surface area contributed by atoms with E-state index in [1.807, 2.05) is 76.5 Å². The molecule has 2 aromatic heterocycles. The summed E-state index contributed by atoms with van der Waals surface area (Å²) in [5.41, 5.74) is 4.12. The van der Waals surface area contributed by atoms with E-state index in [1.54, 1.807) is 24.5 Å². The number of hydrogen-bond donors (Lipinski definition) is 0. The molecule has 0 atom stereocenters. The molecule has 1 aliphatic rings. The maximum absolute atomic E-state index is 14.0. The summed E-state index contributed by atoms with van der Waals surface area (Å²) in [6.07, 6.45) is 8.85. The van der Waals surface area contributed by atoms with Gasteiger partial charge in [-0.1, -0.05) is 36.4 Å². The lowest BCUT2D eigenvalue weighted by atomic mass is 10.1. The first-order chi connectivity index (χ1) is 17.2. The van der Waals surface area contributed by atoms with Crippen molar-refractivity contribution in [3.8, 4) is 16.9 Å². The smallest absolute Gasteiger partial charge is 0.246 e. The second-order valence-electron chi connectivity index (χ2n) is 8.48. The van der Waals surface area contributed by atoms with Gasteiger partial charge in [0.15, 0.2) is 0 Å². The molecule has 0 saturated carbocycles. The third-order valence-corrected chi connectivity index (χ3v) is 6.14. The molecule has 0 N–H and O–H groups in total. The van der Waals surface area contributed by atoms with Crippen molar-refractivity contribution in [1.82, 2.24) is 24.6 Å². The van der Waals surface area contributed by atoms with Crippen LogP contribution in [0.1, 0.15) is 11.1 Å². The predicted octanol–water partition coefficient (Wildman–Crippen LogP) is 4.43. The number of carbonyl (C=O) groups is 1. The Hall–Kier alpha value is -4.10. The highest BCUT2D eigenvalue weighted by atomic mass is 19.1. The van der Waals surface area contributed by atoms with E-state index in [1.165, 1.54) is 6.07 Å². The number of pyridine rings is 1. The van der Waals surface area contributed by atoms with E-state index in [4.69, 9.17) is 5.10 Å². The van der Waals surface area contributed by atoms with Crippen LogP contribution >= 0.6 is 0 Å². The summed E-state index contributed by atoms with van der Waals surface area (Å²) in [5, 5.41) is 4.76. The number of benzene rings is 2. The molecule has 0 aliphatic carbocycles. The summed E-state index contributed by atoms with van der Waals surface area (Å²) in [6.45, 7) is 3.19. The van der Waals surface area contributed by atoms with Gasteiger partial charge < -0.3 is 4.90 Å². The monoisotopic (exact) mass is 467 g/mol. The van der Waals surface area contributed by atoms with E-state index < -0.39 is 0 Å². The largest absolute Gasteiger partial charge is 0.337 e. The molecule has 5 rings (SSSR count). The highest BCUT2D eigenvalue weighted by Crippen LogP contribution is 2.24. The van der Waals surface area contributed by atoms with Crippen LogP contribution in [0.25, 0.3) is 23.0 Å². The lowest BCUT2D eigenvalue weighted by molar-refractivity contribution is -0.127. The highest BCUT2D eigenvalue weighted by Gasteiger charge is 2.20. The predicted molar refractivity (Wildman–Crippen MR) is 134 cm³/mol. The topological polar surface area (TPSA) is 54.3 Å². The molecule has 0 bridgehead atoms. The molecule has 6 nitrogen and oxygen atoms in total. The van der Waals surface area contributed by atoms with E-state index in [0.29, 0.717) is 38.3 Å². The number of hydrogen-bond acceptors (Lipinski definition) is 4. The molecular weight excluding hydrogens is 441 g/mol. The number of amides is 1. The summed E-state index contributed by atoms with van der Waals surface area (Å²) in [6, 6.07) is 20.5. The normalized spacial score (nSPS) is 14.5. The maximum atomic E-state index is 14.0. The summed E-state index contributed by atoms with van der Waals surface area (Å²) in [5.74, 6) is -0.227. The maximum Gasteiger partial charge on any atom is 0.246 e. The van der Waals surface area contributed by atoms with Crippen LogP contribution in [0.15, 0.2) is 91.4 Å². The van der Waals surface area contributed by atoms with E-state index in [9.17, 15) is 9.18 Å². The molecule has 176 valence electrons. The Labute approximate surface area is 204 Å². The quantitative estimate of drug-likeness (QED) is 0.394. The summed E-state index contributed by atoms with van der Waals surface area (Å²) < 4.78 is 15.8. The Balaban J connectivity index is 1.28. The Bertz CT molecular complexity index is 1310. The SMILES string of the molecule is O=C(C=Cc1cn(-c2ccccc2)nc1-c1cccnc1)N1CCN(Cc2ccccc2F)CC1. The van der Waals surface area contributed by atoms with Gasteiger partial charge in [0, 0.05) is 74.1 Å². The Morgan fingerprint density at radius 2 is 1.71 bits per heavy atom. The van der Waals surface area contributed by atoms with Gasteiger partial charge in [0.1, 0.15) is 11.5 Å². The molecule has 1 aliphatic heterocycles. The standard InChI is InChI=1S/C28H26FN5O/c29-26-11-5-4-7-23(26)20-32-15-17-33(18-16-32)27(35)13-12-24-21-34(25-9-2-1-3-10-25)31-28(24)22-8-6-14-30-19-22/h1-14,19,21H,15-18,20H2. The van der Waals surface area contributed by atoms with Crippen molar-refractivity contribution in [2.75, 3.05) is 26.2 Å². The molecule has 3 heterocycles. The van der Waals surface area contributed by atoms with Crippen molar-refractivity contribution in [2.24, 2.45) is 0 Å². The van der Waals surface area contributed by atoms with Gasteiger partial charge in [0.25, 0.3) is 0 Å². The number of nitrogens with zero attached hydrogens (tertiary/aromatic N) is 5. The third kappa shape index (κ3) is 5.36. The van der Waals surface area contributed by atoms with Crippen LogP contribution in [-0.4, -0.2) is 56.7 Å². The molecule has 0 spiro atoms. The van der Waals surface area contributed by atoms with Gasteiger partial charge in [-0.2, -0.15) is 5.10 Å². The van der Waals surface area contributed by atoms with E-state index in [2.05, 4.69) is 9.88 Å². The zero-order valence-corrected chi connectivity index (χ0v) is 19.3. The van der Waals surface area contributed by atoms with Crippen LogP contribution in [0, 0.1) is 5.82 Å². The summed E-state index contributed by atoms with van der Waals surface area (Å²) in [7, 11) is 0. The number of carbonyl (C=O) groups excluding carboxylic acids is 1. The Morgan fingerprint density at radius 1 is 0.943 bits per heavy atom. The molecule has 4 aromatic rings. The molecule has 1 amide bonds. The molecule has 0 radical (unpaired) electrons. The first kappa shape index (κ1) is 22.7. The zero-order valence-electron chi connectivity index (χ0n) is 19.3. The second kappa shape index (κ2) is 10.4. The van der Waals surface area contributed by atoms with Crippen molar-refractivity contribution < 1.29 is 9.18 Å².